The molecule has 1 amide bonds. The van der Waals surface area contributed by atoms with E-state index in [1.54, 1.807) is 0 Å². The molecule has 4 rings (SSSR count). The summed E-state index contributed by atoms with van der Waals surface area (Å²) in [5.41, 5.74) is 3.21. The molecule has 0 aliphatic carbocycles. The van der Waals surface area contributed by atoms with Crippen LogP contribution in [-0.4, -0.2) is 40.1 Å². The van der Waals surface area contributed by atoms with Gasteiger partial charge in [0, 0.05) is 36.8 Å². The lowest BCUT2D eigenvalue weighted by atomic mass is 10.1. The Morgan fingerprint density at radius 2 is 1.79 bits per heavy atom. The summed E-state index contributed by atoms with van der Waals surface area (Å²) in [6.07, 6.45) is -3.83. The van der Waals surface area contributed by atoms with E-state index >= 15 is 0 Å². The maximum absolute atomic E-state index is 12.6. The van der Waals surface area contributed by atoms with Gasteiger partial charge in [0.1, 0.15) is 0 Å². The Labute approximate surface area is 190 Å². The van der Waals surface area contributed by atoms with Crippen LogP contribution in [0.1, 0.15) is 47.6 Å². The SMILES string of the molecule is CC.Cc1ccc(CN2CC[C@H](NC(=O)c3ccc(-c4noc(C(F)(F)F)n4)cc3)C2)cc1. The van der Waals surface area contributed by atoms with Crippen molar-refractivity contribution in [3.63, 3.8) is 0 Å². The van der Waals surface area contributed by atoms with Crippen LogP contribution in [0.15, 0.2) is 53.1 Å². The van der Waals surface area contributed by atoms with E-state index in [1.165, 1.54) is 35.4 Å². The number of nitrogens with one attached hydrogen (secondary N) is 1. The number of aromatic nitrogens is 2. The highest BCUT2D eigenvalue weighted by atomic mass is 19.4. The van der Waals surface area contributed by atoms with Crippen molar-refractivity contribution in [1.82, 2.24) is 20.4 Å². The van der Waals surface area contributed by atoms with Crippen molar-refractivity contribution in [3.8, 4) is 11.4 Å². The minimum Gasteiger partial charge on any atom is -0.348 e. The smallest absolute Gasteiger partial charge is 0.348 e. The predicted octanol–water partition coefficient (Wildman–Crippen LogP) is 5.09. The van der Waals surface area contributed by atoms with Crippen molar-refractivity contribution in [2.24, 2.45) is 0 Å². The number of hydrogen-bond donors (Lipinski definition) is 1. The van der Waals surface area contributed by atoms with Gasteiger partial charge in [0.2, 0.25) is 5.82 Å². The minimum atomic E-state index is -4.69. The molecule has 3 aromatic rings. The standard InChI is InChI=1S/C22H21F3N4O2.C2H6/c1-14-2-4-15(5-3-14)12-29-11-10-18(13-29)26-20(30)17-8-6-16(7-9-17)19-27-21(31-28-19)22(23,24)25;1-2/h2-9,18H,10-13H2,1H3,(H,26,30);1-2H3/t18-;/m0./s1. The third-order valence-corrected chi connectivity index (χ3v) is 5.21. The lowest BCUT2D eigenvalue weighted by molar-refractivity contribution is -0.159. The van der Waals surface area contributed by atoms with Gasteiger partial charge in [0.15, 0.2) is 0 Å². The van der Waals surface area contributed by atoms with Crippen LogP contribution in [0.3, 0.4) is 0 Å². The molecule has 0 radical (unpaired) electrons. The maximum atomic E-state index is 12.6. The molecule has 2 aromatic carbocycles. The first-order chi connectivity index (χ1) is 15.8. The van der Waals surface area contributed by atoms with Crippen LogP contribution in [0.2, 0.25) is 0 Å². The molecule has 0 saturated carbocycles. The van der Waals surface area contributed by atoms with Crippen LogP contribution in [0, 0.1) is 6.92 Å². The zero-order valence-electron chi connectivity index (χ0n) is 18.8. The van der Waals surface area contributed by atoms with E-state index in [4.69, 9.17) is 0 Å². The molecule has 1 atom stereocenters. The number of alkyl halides is 3. The number of amides is 1. The van der Waals surface area contributed by atoms with Gasteiger partial charge in [-0.1, -0.05) is 61.0 Å². The van der Waals surface area contributed by atoms with Crippen LogP contribution in [0.25, 0.3) is 11.4 Å². The molecule has 1 aliphatic heterocycles. The summed E-state index contributed by atoms with van der Waals surface area (Å²) in [5, 5.41) is 6.37. The van der Waals surface area contributed by atoms with Gasteiger partial charge < -0.3 is 9.84 Å². The van der Waals surface area contributed by atoms with E-state index in [1.807, 2.05) is 13.8 Å². The van der Waals surface area contributed by atoms with Gasteiger partial charge in [0.25, 0.3) is 5.91 Å². The van der Waals surface area contributed by atoms with E-state index in [0.717, 1.165) is 26.1 Å². The van der Waals surface area contributed by atoms with Gasteiger partial charge in [-0.25, -0.2) is 0 Å². The molecule has 1 N–H and O–H groups in total. The fraction of sp³-hybridized carbons (Fsp3) is 0.375. The Bertz CT molecular complexity index is 1050. The van der Waals surface area contributed by atoms with Gasteiger partial charge in [-0.2, -0.15) is 18.2 Å². The number of aryl methyl sites for hydroxylation is 1. The van der Waals surface area contributed by atoms with Crippen LogP contribution in [0.5, 0.6) is 0 Å². The summed E-state index contributed by atoms with van der Waals surface area (Å²) < 4.78 is 42.0. The fourth-order valence-electron chi connectivity index (χ4n) is 3.54. The predicted molar refractivity (Wildman–Crippen MR) is 118 cm³/mol. The van der Waals surface area contributed by atoms with Gasteiger partial charge >= 0.3 is 12.1 Å². The molecule has 33 heavy (non-hydrogen) atoms. The zero-order chi connectivity index (χ0) is 24.0. The monoisotopic (exact) mass is 460 g/mol. The second-order valence-corrected chi connectivity index (χ2v) is 7.68. The molecular formula is C24H27F3N4O2. The summed E-state index contributed by atoms with van der Waals surface area (Å²) in [6.45, 7) is 8.56. The normalized spacial score (nSPS) is 16.2. The second-order valence-electron chi connectivity index (χ2n) is 7.68. The Balaban J connectivity index is 0.00000149. The largest absolute Gasteiger partial charge is 0.471 e. The van der Waals surface area contributed by atoms with E-state index in [2.05, 4.69) is 56.1 Å². The quantitative estimate of drug-likeness (QED) is 0.574. The molecule has 1 saturated heterocycles. The summed E-state index contributed by atoms with van der Waals surface area (Å²) in [4.78, 5) is 18.2. The number of halogens is 3. The van der Waals surface area contributed by atoms with E-state index in [9.17, 15) is 18.0 Å². The number of likely N-dealkylation sites (tertiary alicyclic amines) is 1. The van der Waals surface area contributed by atoms with Gasteiger partial charge in [-0.15, -0.1) is 0 Å². The summed E-state index contributed by atoms with van der Waals surface area (Å²) in [5.74, 6) is -1.81. The lowest BCUT2D eigenvalue weighted by Gasteiger charge is -2.17. The Morgan fingerprint density at radius 3 is 2.39 bits per heavy atom. The van der Waals surface area contributed by atoms with Gasteiger partial charge in [0.05, 0.1) is 0 Å². The molecule has 176 valence electrons. The molecule has 9 heteroatoms. The van der Waals surface area contributed by atoms with Crippen LogP contribution in [0.4, 0.5) is 13.2 Å². The third kappa shape index (κ3) is 6.41. The number of nitrogens with zero attached hydrogens (tertiary/aromatic N) is 3. The van der Waals surface area contributed by atoms with E-state index in [0.29, 0.717) is 11.1 Å². The lowest BCUT2D eigenvalue weighted by Crippen LogP contribution is -2.36. The third-order valence-electron chi connectivity index (χ3n) is 5.21. The molecule has 0 spiro atoms. The highest BCUT2D eigenvalue weighted by Crippen LogP contribution is 2.29. The molecule has 1 aliphatic rings. The van der Waals surface area contributed by atoms with Crippen molar-refractivity contribution in [3.05, 3.63) is 71.1 Å². The second kappa shape index (κ2) is 10.6. The number of hydrogen-bond acceptors (Lipinski definition) is 5. The summed E-state index contributed by atoms with van der Waals surface area (Å²) in [7, 11) is 0. The molecule has 0 unspecified atom stereocenters. The van der Waals surface area contributed by atoms with Crippen LogP contribution >= 0.6 is 0 Å². The number of carbonyl (C=O) groups is 1. The topological polar surface area (TPSA) is 71.3 Å². The summed E-state index contributed by atoms with van der Waals surface area (Å²) >= 11 is 0. The number of carbonyl (C=O) groups excluding carboxylic acids is 1. The molecule has 0 bridgehead atoms. The first-order valence-corrected chi connectivity index (χ1v) is 10.9. The molecule has 6 nitrogen and oxygen atoms in total. The van der Waals surface area contributed by atoms with Gasteiger partial charge in [-0.05, 0) is 31.0 Å². The van der Waals surface area contributed by atoms with Crippen LogP contribution < -0.4 is 5.32 Å². The molecular weight excluding hydrogens is 433 g/mol. The van der Waals surface area contributed by atoms with Crippen molar-refractivity contribution in [2.45, 2.75) is 46.0 Å². The molecule has 1 aromatic heterocycles. The number of rotatable bonds is 5. The maximum Gasteiger partial charge on any atom is 0.471 e. The molecule has 2 heterocycles. The average Bonchev–Trinajstić information content (AvgIpc) is 3.47. The minimum absolute atomic E-state index is 0.0455. The fourth-order valence-corrected chi connectivity index (χ4v) is 3.54. The van der Waals surface area contributed by atoms with Crippen molar-refractivity contribution in [2.75, 3.05) is 13.1 Å². The summed E-state index contributed by atoms with van der Waals surface area (Å²) in [6, 6.07) is 14.5. The Hall–Kier alpha value is -3.20. The van der Waals surface area contributed by atoms with E-state index < -0.39 is 12.1 Å². The van der Waals surface area contributed by atoms with Crippen molar-refractivity contribution >= 4 is 5.91 Å². The van der Waals surface area contributed by atoms with Gasteiger partial charge in [-0.3, -0.25) is 9.69 Å². The van der Waals surface area contributed by atoms with Crippen molar-refractivity contribution in [1.29, 1.82) is 0 Å². The molecule has 1 fully saturated rings. The number of benzene rings is 2. The first kappa shape index (κ1) is 24.4. The van der Waals surface area contributed by atoms with E-state index in [-0.39, 0.29) is 17.8 Å². The Morgan fingerprint density at radius 1 is 1.12 bits per heavy atom. The Kier molecular flexibility index (Phi) is 7.86. The van der Waals surface area contributed by atoms with Crippen molar-refractivity contribution < 1.29 is 22.5 Å². The van der Waals surface area contributed by atoms with Crippen LogP contribution in [-0.2, 0) is 12.7 Å². The highest BCUT2D eigenvalue weighted by molar-refractivity contribution is 5.94. The average molecular weight is 461 g/mol. The highest BCUT2D eigenvalue weighted by Gasteiger charge is 2.38. The first-order valence-electron chi connectivity index (χ1n) is 10.9. The zero-order valence-corrected chi connectivity index (χ0v) is 18.8.